The number of hydrogen-bond donors (Lipinski definition) is 2. The van der Waals surface area contributed by atoms with Gasteiger partial charge in [0.05, 0.1) is 22.5 Å². The highest BCUT2D eigenvalue weighted by Gasteiger charge is 2.47. The van der Waals surface area contributed by atoms with E-state index in [2.05, 4.69) is 20.6 Å². The number of anilines is 2. The van der Waals surface area contributed by atoms with E-state index in [1.165, 1.54) is 0 Å². The minimum Gasteiger partial charge on any atom is -0.361 e. The Labute approximate surface area is 234 Å². The van der Waals surface area contributed by atoms with E-state index in [1.807, 2.05) is 6.92 Å². The molecule has 8 nitrogen and oxygen atoms in total. The number of pyridine rings is 1. The predicted octanol–water partition coefficient (Wildman–Crippen LogP) is 4.72. The Morgan fingerprint density at radius 3 is 2.59 bits per heavy atom. The maximum atomic E-state index is 13.9. The van der Waals surface area contributed by atoms with Crippen LogP contribution in [0.3, 0.4) is 0 Å². The highest BCUT2D eigenvalue weighted by atomic mass is 35.5. The van der Waals surface area contributed by atoms with Gasteiger partial charge in [-0.15, -0.1) is 12.4 Å². The van der Waals surface area contributed by atoms with Crippen LogP contribution >= 0.6 is 24.0 Å². The highest BCUT2D eigenvalue weighted by Crippen LogP contribution is 2.50. The third-order valence-corrected chi connectivity index (χ3v) is 7.88. The molecule has 1 saturated heterocycles. The summed E-state index contributed by atoms with van der Waals surface area (Å²) in [7, 11) is 3.61. The van der Waals surface area contributed by atoms with Crippen LogP contribution in [0, 0.1) is 0 Å². The van der Waals surface area contributed by atoms with Crippen LogP contribution in [-0.4, -0.2) is 47.6 Å². The second kappa shape index (κ2) is 10.6. The first-order valence-corrected chi connectivity index (χ1v) is 12.8. The van der Waals surface area contributed by atoms with Crippen molar-refractivity contribution in [3.63, 3.8) is 0 Å². The summed E-state index contributed by atoms with van der Waals surface area (Å²) in [6, 6.07) is 2.78. The van der Waals surface area contributed by atoms with Crippen molar-refractivity contribution in [3.05, 3.63) is 56.5 Å². The van der Waals surface area contributed by atoms with Gasteiger partial charge >= 0.3 is 6.18 Å². The fraction of sp³-hybridized carbons (Fsp3) is 0.462. The van der Waals surface area contributed by atoms with E-state index >= 15 is 0 Å². The summed E-state index contributed by atoms with van der Waals surface area (Å²) >= 11 is 6.06. The normalized spacial score (nSPS) is 18.1. The van der Waals surface area contributed by atoms with Gasteiger partial charge in [-0.3, -0.25) is 9.59 Å². The third kappa shape index (κ3) is 5.19. The van der Waals surface area contributed by atoms with Crippen LogP contribution in [-0.2, 0) is 22.9 Å². The summed E-state index contributed by atoms with van der Waals surface area (Å²) in [6.07, 6.45) is -0.609. The molecule has 1 unspecified atom stereocenters. The van der Waals surface area contributed by atoms with Crippen LogP contribution in [0.1, 0.15) is 48.9 Å². The number of carbonyl (C=O) groups excluding carboxylic acids is 1. The van der Waals surface area contributed by atoms with Gasteiger partial charge in [0, 0.05) is 30.8 Å². The second-order valence-electron chi connectivity index (χ2n) is 10.3. The van der Waals surface area contributed by atoms with Crippen molar-refractivity contribution in [2.45, 2.75) is 50.2 Å². The number of fused-ring (bicyclic) bond motifs is 3. The lowest BCUT2D eigenvalue weighted by atomic mass is 9.74. The Hall–Kier alpha value is -2.89. The molecule has 0 bridgehead atoms. The fourth-order valence-electron chi connectivity index (χ4n) is 5.88. The maximum absolute atomic E-state index is 13.9. The zero-order chi connectivity index (χ0) is 27.4. The Morgan fingerprint density at radius 1 is 1.28 bits per heavy atom. The van der Waals surface area contributed by atoms with Crippen LogP contribution in [0.4, 0.5) is 24.7 Å². The van der Waals surface area contributed by atoms with Crippen LogP contribution in [0.25, 0.3) is 11.2 Å². The molecule has 13 heteroatoms. The SMILES string of the molecule is CC1CC2(CCNCC2)c2c1n(CC(=O)Nc1ccc(C(F)(F)F)cc1Cl)c1ncc(N(C)C)nc1c2=O.Cl. The highest BCUT2D eigenvalue weighted by molar-refractivity contribution is 6.33. The molecule has 1 spiro atoms. The number of nitrogens with zero attached hydrogens (tertiary/aromatic N) is 4. The Morgan fingerprint density at radius 2 is 1.97 bits per heavy atom. The number of hydrogen-bond acceptors (Lipinski definition) is 6. The zero-order valence-electron chi connectivity index (χ0n) is 21.7. The average molecular weight is 585 g/mol. The summed E-state index contributed by atoms with van der Waals surface area (Å²) in [6.45, 7) is 3.43. The van der Waals surface area contributed by atoms with Crippen molar-refractivity contribution in [2.24, 2.45) is 0 Å². The molecule has 1 atom stereocenters. The lowest BCUT2D eigenvalue weighted by molar-refractivity contribution is -0.137. The molecule has 210 valence electrons. The lowest BCUT2D eigenvalue weighted by Gasteiger charge is -2.34. The molecule has 3 aromatic rings. The first kappa shape index (κ1) is 29.1. The van der Waals surface area contributed by atoms with Gasteiger partial charge in [-0.1, -0.05) is 18.5 Å². The zero-order valence-corrected chi connectivity index (χ0v) is 23.2. The smallest absolute Gasteiger partial charge is 0.361 e. The number of amides is 1. The first-order valence-electron chi connectivity index (χ1n) is 12.4. The van der Waals surface area contributed by atoms with Gasteiger partial charge in [0.1, 0.15) is 12.4 Å². The van der Waals surface area contributed by atoms with Crippen molar-refractivity contribution in [1.82, 2.24) is 19.9 Å². The molecule has 1 aliphatic heterocycles. The lowest BCUT2D eigenvalue weighted by Crippen LogP contribution is -2.41. The van der Waals surface area contributed by atoms with Gasteiger partial charge in [-0.05, 0) is 56.5 Å². The van der Waals surface area contributed by atoms with E-state index in [1.54, 1.807) is 29.8 Å². The Bertz CT molecular complexity index is 1490. The third-order valence-electron chi connectivity index (χ3n) is 7.57. The molecule has 2 aliphatic rings. The monoisotopic (exact) mass is 584 g/mol. The molecule has 39 heavy (non-hydrogen) atoms. The van der Waals surface area contributed by atoms with Crippen LogP contribution in [0.5, 0.6) is 0 Å². The molecule has 0 saturated carbocycles. The van der Waals surface area contributed by atoms with E-state index in [-0.39, 0.29) is 51.9 Å². The summed E-state index contributed by atoms with van der Waals surface area (Å²) in [5.74, 6) is 0.0150. The summed E-state index contributed by atoms with van der Waals surface area (Å²) in [4.78, 5) is 38.1. The molecule has 5 rings (SSSR count). The van der Waals surface area contributed by atoms with Gasteiger partial charge in [0.15, 0.2) is 11.2 Å². The number of aromatic nitrogens is 3. The molecule has 1 amide bonds. The van der Waals surface area contributed by atoms with Gasteiger partial charge in [-0.2, -0.15) is 13.2 Å². The maximum Gasteiger partial charge on any atom is 0.416 e. The van der Waals surface area contributed by atoms with Gasteiger partial charge in [-0.25, -0.2) is 9.97 Å². The van der Waals surface area contributed by atoms with Crippen LogP contribution < -0.4 is 21.0 Å². The first-order chi connectivity index (χ1) is 17.9. The molecule has 3 heterocycles. The second-order valence-corrected chi connectivity index (χ2v) is 10.8. The Balaban J connectivity index is 0.00000353. The quantitative estimate of drug-likeness (QED) is 0.461. The molecule has 2 N–H and O–H groups in total. The number of alkyl halides is 3. The van der Waals surface area contributed by atoms with Crippen molar-refractivity contribution in [2.75, 3.05) is 37.4 Å². The topological polar surface area (TPSA) is 92.2 Å². The van der Waals surface area contributed by atoms with Crippen molar-refractivity contribution >= 4 is 52.6 Å². The van der Waals surface area contributed by atoms with Crippen LogP contribution in [0.15, 0.2) is 29.2 Å². The van der Waals surface area contributed by atoms with E-state index in [0.29, 0.717) is 17.0 Å². The number of carbonyl (C=O) groups is 1. The fourth-order valence-corrected chi connectivity index (χ4v) is 6.11. The summed E-state index contributed by atoms with van der Waals surface area (Å²) in [5, 5.41) is 5.76. The predicted molar refractivity (Wildman–Crippen MR) is 147 cm³/mol. The number of nitrogens with one attached hydrogen (secondary N) is 2. The van der Waals surface area contributed by atoms with E-state index in [9.17, 15) is 22.8 Å². The van der Waals surface area contributed by atoms with Crippen molar-refractivity contribution in [3.8, 4) is 0 Å². The molecule has 1 aromatic carbocycles. The average Bonchev–Trinajstić information content (AvgIpc) is 3.13. The minimum absolute atomic E-state index is 0. The number of benzene rings is 1. The molecule has 1 aliphatic carbocycles. The van der Waals surface area contributed by atoms with E-state index in [4.69, 9.17) is 11.6 Å². The largest absolute Gasteiger partial charge is 0.416 e. The van der Waals surface area contributed by atoms with Crippen LogP contribution in [0.2, 0.25) is 5.02 Å². The van der Waals surface area contributed by atoms with Crippen molar-refractivity contribution < 1.29 is 18.0 Å². The number of piperidine rings is 1. The molecule has 1 fully saturated rings. The number of halogens is 5. The van der Waals surface area contributed by atoms with E-state index < -0.39 is 17.6 Å². The number of rotatable bonds is 4. The molecule has 0 radical (unpaired) electrons. The minimum atomic E-state index is -4.55. The molecular weight excluding hydrogens is 556 g/mol. The molecule has 2 aromatic heterocycles. The molecular formula is C26H29Cl2F3N6O2. The standard InChI is InChI=1S/C26H28ClF3N6O2.ClH/c1-14-11-25(6-8-31-9-7-25)20-22(14)36(24-21(23(20)38)34-18(12-32-24)35(2)3)13-19(37)33-17-5-4-15(10-16(17)27)26(28,29)30;/h4-5,10,12,14,31H,6-9,11,13H2,1-3H3,(H,33,37);1H. The van der Waals surface area contributed by atoms with Gasteiger partial charge in [0.25, 0.3) is 0 Å². The van der Waals surface area contributed by atoms with Gasteiger partial charge < -0.3 is 20.1 Å². The van der Waals surface area contributed by atoms with Crippen molar-refractivity contribution in [1.29, 1.82) is 0 Å². The van der Waals surface area contributed by atoms with E-state index in [0.717, 1.165) is 56.2 Å². The summed E-state index contributed by atoms with van der Waals surface area (Å²) in [5.41, 5.74) is 0.659. The summed E-state index contributed by atoms with van der Waals surface area (Å²) < 4.78 is 40.8. The Kier molecular flexibility index (Phi) is 7.90. The van der Waals surface area contributed by atoms with Gasteiger partial charge in [0.2, 0.25) is 11.3 Å².